The van der Waals surface area contributed by atoms with Crippen LogP contribution in [0, 0.1) is 0 Å². The predicted octanol–water partition coefficient (Wildman–Crippen LogP) is 5.95. The highest BCUT2D eigenvalue weighted by Crippen LogP contribution is 2.26. The lowest BCUT2D eigenvalue weighted by Crippen LogP contribution is -2.07. The number of carbonyl (C=O) groups excluding carboxylic acids is 1. The molecule has 0 aliphatic rings. The lowest BCUT2D eigenvalue weighted by atomic mass is 10.2. The third kappa shape index (κ3) is 4.39. The van der Waals surface area contributed by atoms with Gasteiger partial charge in [0.1, 0.15) is 0 Å². The van der Waals surface area contributed by atoms with E-state index in [1.165, 1.54) is 6.08 Å². The number of hydrogen-bond donors (Lipinski definition) is 1. The number of anilines is 1. The van der Waals surface area contributed by atoms with Crippen LogP contribution in [0.2, 0.25) is 20.1 Å². The van der Waals surface area contributed by atoms with Crippen molar-refractivity contribution in [2.45, 2.75) is 0 Å². The van der Waals surface area contributed by atoms with E-state index < -0.39 is 0 Å². The van der Waals surface area contributed by atoms with Crippen molar-refractivity contribution in [1.82, 2.24) is 0 Å². The van der Waals surface area contributed by atoms with Crippen molar-refractivity contribution < 1.29 is 4.79 Å². The fraction of sp³-hybridized carbons (Fsp3) is 0. The molecule has 0 atom stereocenters. The Morgan fingerprint density at radius 3 is 2.19 bits per heavy atom. The Kier molecular flexibility index (Phi) is 5.54. The first-order valence-electron chi connectivity index (χ1n) is 5.85. The van der Waals surface area contributed by atoms with Crippen LogP contribution in [0.25, 0.3) is 6.08 Å². The highest BCUT2D eigenvalue weighted by Gasteiger charge is 2.04. The first-order chi connectivity index (χ1) is 9.97. The number of nitrogens with one attached hydrogen (secondary N) is 1. The molecule has 21 heavy (non-hydrogen) atoms. The monoisotopic (exact) mass is 359 g/mol. The summed E-state index contributed by atoms with van der Waals surface area (Å²) in [6.07, 6.45) is 2.90. The number of carbonyl (C=O) groups is 1. The smallest absolute Gasteiger partial charge is 0.248 e. The van der Waals surface area contributed by atoms with Crippen LogP contribution >= 0.6 is 46.4 Å². The van der Waals surface area contributed by atoms with Gasteiger partial charge in [-0.05, 0) is 36.4 Å². The van der Waals surface area contributed by atoms with Crippen LogP contribution in [0.4, 0.5) is 5.69 Å². The molecule has 0 aliphatic carbocycles. The molecule has 0 bridgehead atoms. The summed E-state index contributed by atoms with van der Waals surface area (Å²) in [5.41, 5.74) is 1.13. The zero-order valence-corrected chi connectivity index (χ0v) is 13.6. The zero-order chi connectivity index (χ0) is 15.4. The molecule has 0 aliphatic heterocycles. The second kappa shape index (κ2) is 7.19. The molecule has 108 valence electrons. The molecule has 1 amide bonds. The van der Waals surface area contributed by atoms with Crippen LogP contribution in [0.3, 0.4) is 0 Å². The molecule has 2 rings (SSSR count). The largest absolute Gasteiger partial charge is 0.322 e. The van der Waals surface area contributed by atoms with Crippen LogP contribution in [-0.4, -0.2) is 5.91 Å². The molecule has 2 aromatic rings. The Bertz CT molecular complexity index is 693. The van der Waals surface area contributed by atoms with E-state index in [1.807, 2.05) is 0 Å². The second-order valence-corrected chi connectivity index (χ2v) is 5.72. The molecule has 6 heteroatoms. The Balaban J connectivity index is 2.11. The van der Waals surface area contributed by atoms with Gasteiger partial charge in [-0.3, -0.25) is 4.79 Å². The Morgan fingerprint density at radius 1 is 0.905 bits per heavy atom. The van der Waals surface area contributed by atoms with Crippen molar-refractivity contribution in [3.05, 3.63) is 68.1 Å². The molecule has 2 aromatic carbocycles. The first kappa shape index (κ1) is 16.2. The topological polar surface area (TPSA) is 29.1 Å². The molecular formula is C15H9Cl4NO. The lowest BCUT2D eigenvalue weighted by Gasteiger charge is -2.04. The average Bonchev–Trinajstić information content (AvgIpc) is 2.42. The van der Waals surface area contributed by atoms with Crippen LogP contribution in [0.1, 0.15) is 5.56 Å². The van der Waals surface area contributed by atoms with Crippen LogP contribution < -0.4 is 5.32 Å². The van der Waals surface area contributed by atoms with Gasteiger partial charge in [0.2, 0.25) is 5.91 Å². The number of hydrogen-bond acceptors (Lipinski definition) is 1. The van der Waals surface area contributed by atoms with E-state index >= 15 is 0 Å². The van der Waals surface area contributed by atoms with Crippen molar-refractivity contribution in [2.24, 2.45) is 0 Å². The lowest BCUT2D eigenvalue weighted by molar-refractivity contribution is -0.111. The number of rotatable bonds is 3. The summed E-state index contributed by atoms with van der Waals surface area (Å²) >= 11 is 23.7. The van der Waals surface area contributed by atoms with E-state index in [1.54, 1.807) is 42.5 Å². The molecule has 0 fully saturated rings. The summed E-state index contributed by atoms with van der Waals surface area (Å²) in [5.74, 6) is -0.329. The summed E-state index contributed by atoms with van der Waals surface area (Å²) in [6.45, 7) is 0. The van der Waals surface area contributed by atoms with Crippen molar-refractivity contribution in [2.75, 3.05) is 5.32 Å². The van der Waals surface area contributed by atoms with Gasteiger partial charge in [-0.25, -0.2) is 0 Å². The number of amides is 1. The minimum atomic E-state index is -0.329. The van der Waals surface area contributed by atoms with Gasteiger partial charge in [0.05, 0.1) is 10.0 Å². The van der Waals surface area contributed by atoms with Gasteiger partial charge in [0, 0.05) is 27.4 Å². The molecular weight excluding hydrogens is 352 g/mol. The third-order valence-corrected chi connectivity index (χ3v) is 3.99. The fourth-order valence-electron chi connectivity index (χ4n) is 1.59. The van der Waals surface area contributed by atoms with Crippen molar-refractivity contribution >= 4 is 64.1 Å². The van der Waals surface area contributed by atoms with E-state index in [0.717, 1.165) is 0 Å². The van der Waals surface area contributed by atoms with Crippen LogP contribution in [0.5, 0.6) is 0 Å². The van der Waals surface area contributed by atoms with Crippen LogP contribution in [-0.2, 0) is 4.79 Å². The van der Waals surface area contributed by atoms with E-state index in [2.05, 4.69) is 5.32 Å². The molecule has 0 heterocycles. The standard InChI is InChI=1S/C15H9Cl4NO/c16-11-2-1-3-12(17)10(11)5-7-15(21)20-9-4-6-13(18)14(19)8-9/h1-8H,(H,20,21)/b7-5+. The van der Waals surface area contributed by atoms with Crippen molar-refractivity contribution in [3.63, 3.8) is 0 Å². The van der Waals surface area contributed by atoms with Crippen LogP contribution in [0.15, 0.2) is 42.5 Å². The minimum Gasteiger partial charge on any atom is -0.322 e. The van der Waals surface area contributed by atoms with Crippen molar-refractivity contribution in [1.29, 1.82) is 0 Å². The van der Waals surface area contributed by atoms with Gasteiger partial charge in [0.15, 0.2) is 0 Å². The van der Waals surface area contributed by atoms with E-state index in [0.29, 0.717) is 31.3 Å². The highest BCUT2D eigenvalue weighted by molar-refractivity contribution is 6.42. The van der Waals surface area contributed by atoms with Gasteiger partial charge in [-0.2, -0.15) is 0 Å². The maximum atomic E-state index is 11.8. The summed E-state index contributed by atoms with van der Waals surface area (Å²) in [7, 11) is 0. The molecule has 0 spiro atoms. The molecule has 0 radical (unpaired) electrons. The summed E-state index contributed by atoms with van der Waals surface area (Å²) in [6, 6.07) is 9.96. The Labute approximate surface area is 142 Å². The van der Waals surface area contributed by atoms with E-state index in [-0.39, 0.29) is 5.91 Å². The molecule has 0 aromatic heterocycles. The van der Waals surface area contributed by atoms with Gasteiger partial charge in [0.25, 0.3) is 0 Å². The molecule has 0 saturated carbocycles. The third-order valence-electron chi connectivity index (χ3n) is 2.59. The average molecular weight is 361 g/mol. The molecule has 0 saturated heterocycles. The second-order valence-electron chi connectivity index (χ2n) is 4.09. The highest BCUT2D eigenvalue weighted by atomic mass is 35.5. The van der Waals surface area contributed by atoms with Gasteiger partial charge >= 0.3 is 0 Å². The maximum Gasteiger partial charge on any atom is 0.248 e. The zero-order valence-electron chi connectivity index (χ0n) is 10.5. The maximum absolute atomic E-state index is 11.8. The molecule has 1 N–H and O–H groups in total. The summed E-state index contributed by atoms with van der Waals surface area (Å²) in [4.78, 5) is 11.8. The number of benzene rings is 2. The van der Waals surface area contributed by atoms with Crippen molar-refractivity contribution in [3.8, 4) is 0 Å². The number of halogens is 4. The molecule has 2 nitrogen and oxygen atoms in total. The van der Waals surface area contributed by atoms with E-state index in [9.17, 15) is 4.79 Å². The Hall–Kier alpha value is -1.19. The Morgan fingerprint density at radius 2 is 1.57 bits per heavy atom. The van der Waals surface area contributed by atoms with Gasteiger partial charge in [-0.15, -0.1) is 0 Å². The summed E-state index contributed by atoms with van der Waals surface area (Å²) < 4.78 is 0. The quantitative estimate of drug-likeness (QED) is 0.673. The predicted molar refractivity (Wildman–Crippen MR) is 90.6 cm³/mol. The summed E-state index contributed by atoms with van der Waals surface area (Å²) in [5, 5.41) is 4.40. The fourth-order valence-corrected chi connectivity index (χ4v) is 2.41. The SMILES string of the molecule is O=C(/C=C/c1c(Cl)cccc1Cl)Nc1ccc(Cl)c(Cl)c1. The minimum absolute atomic E-state index is 0.329. The van der Waals surface area contributed by atoms with Gasteiger partial charge in [-0.1, -0.05) is 52.5 Å². The normalized spacial score (nSPS) is 10.9. The first-order valence-corrected chi connectivity index (χ1v) is 7.36. The molecule has 0 unspecified atom stereocenters. The van der Waals surface area contributed by atoms with Gasteiger partial charge < -0.3 is 5.32 Å². The van der Waals surface area contributed by atoms with E-state index in [4.69, 9.17) is 46.4 Å².